The number of aliphatic hydroxyl groups excluding tert-OH is 3. The highest BCUT2D eigenvalue weighted by Gasteiger charge is 2.28. The third-order valence-corrected chi connectivity index (χ3v) is 3.87. The summed E-state index contributed by atoms with van der Waals surface area (Å²) in [7, 11) is 0. The van der Waals surface area contributed by atoms with Gasteiger partial charge in [0.25, 0.3) is 0 Å². The average Bonchev–Trinajstić information content (AvgIpc) is 3.20. The Kier molecular flexibility index (Phi) is 8.46. The summed E-state index contributed by atoms with van der Waals surface area (Å²) >= 11 is 0. The van der Waals surface area contributed by atoms with Crippen molar-refractivity contribution in [3.8, 4) is 0 Å². The second kappa shape index (κ2) is 10.3. The summed E-state index contributed by atoms with van der Waals surface area (Å²) in [5.41, 5.74) is 0.0509. The van der Waals surface area contributed by atoms with Gasteiger partial charge in [-0.3, -0.25) is 0 Å². The maximum atomic E-state index is 10.8. The molecule has 27 heavy (non-hydrogen) atoms. The van der Waals surface area contributed by atoms with Gasteiger partial charge in [-0.1, -0.05) is 19.1 Å². The number of cyclic esters (lactones) is 4. The SMILES string of the molecule is CCC(CO)(CO)CO.O=C1C=CC(=O)O1.O=C1OC(=O)c2ccccc21. The smallest absolute Gasteiger partial charge is 0.346 e. The Labute approximate surface area is 154 Å². The minimum absolute atomic E-state index is 0.156. The normalized spacial score (nSPS) is 14.5. The average molecular weight is 380 g/mol. The van der Waals surface area contributed by atoms with Gasteiger partial charge in [0.1, 0.15) is 0 Å². The molecular weight excluding hydrogens is 360 g/mol. The van der Waals surface area contributed by atoms with Crippen molar-refractivity contribution in [2.24, 2.45) is 5.41 Å². The fraction of sp³-hybridized carbons (Fsp3) is 0.333. The van der Waals surface area contributed by atoms with E-state index in [4.69, 9.17) is 15.3 Å². The molecule has 1 aromatic rings. The van der Waals surface area contributed by atoms with Crippen LogP contribution in [-0.4, -0.2) is 59.0 Å². The van der Waals surface area contributed by atoms with Gasteiger partial charge in [-0.2, -0.15) is 0 Å². The molecule has 3 N–H and O–H groups in total. The minimum Gasteiger partial charge on any atom is -0.396 e. The second-order valence-electron chi connectivity index (χ2n) is 5.62. The molecule has 146 valence electrons. The first-order valence-electron chi connectivity index (χ1n) is 7.94. The monoisotopic (exact) mass is 380 g/mol. The highest BCUT2D eigenvalue weighted by Crippen LogP contribution is 2.19. The van der Waals surface area contributed by atoms with Gasteiger partial charge in [0, 0.05) is 17.6 Å². The first-order valence-corrected chi connectivity index (χ1v) is 7.94. The van der Waals surface area contributed by atoms with Crippen molar-refractivity contribution in [3.63, 3.8) is 0 Å². The lowest BCUT2D eigenvalue weighted by Gasteiger charge is -2.24. The molecular formula is C18H20O9. The van der Waals surface area contributed by atoms with Gasteiger partial charge >= 0.3 is 23.9 Å². The number of aliphatic hydroxyl groups is 3. The Morgan fingerprint density at radius 2 is 1.19 bits per heavy atom. The summed E-state index contributed by atoms with van der Waals surface area (Å²) in [6.45, 7) is 1.35. The highest BCUT2D eigenvalue weighted by molar-refractivity contribution is 6.14. The molecule has 9 heteroatoms. The van der Waals surface area contributed by atoms with Crippen molar-refractivity contribution in [2.75, 3.05) is 19.8 Å². The van der Waals surface area contributed by atoms with Crippen LogP contribution in [0.3, 0.4) is 0 Å². The van der Waals surface area contributed by atoms with Gasteiger partial charge in [0.05, 0.1) is 30.9 Å². The maximum Gasteiger partial charge on any atom is 0.346 e. The van der Waals surface area contributed by atoms with Crippen LogP contribution in [0.5, 0.6) is 0 Å². The molecule has 2 aliphatic heterocycles. The Morgan fingerprint density at radius 3 is 1.41 bits per heavy atom. The summed E-state index contributed by atoms with van der Waals surface area (Å²) in [6, 6.07) is 6.53. The summed E-state index contributed by atoms with van der Waals surface area (Å²) in [4.78, 5) is 41.5. The Morgan fingerprint density at radius 1 is 0.778 bits per heavy atom. The quantitative estimate of drug-likeness (QED) is 0.484. The molecule has 0 unspecified atom stereocenters. The van der Waals surface area contributed by atoms with E-state index in [2.05, 4.69) is 9.47 Å². The number of carbonyl (C=O) groups excluding carboxylic acids is 4. The van der Waals surface area contributed by atoms with Crippen LogP contribution in [0, 0.1) is 5.41 Å². The zero-order chi connectivity index (χ0) is 20.4. The van der Waals surface area contributed by atoms with Crippen LogP contribution in [0.4, 0.5) is 0 Å². The van der Waals surface area contributed by atoms with Crippen molar-refractivity contribution in [1.29, 1.82) is 0 Å². The molecule has 0 radical (unpaired) electrons. The summed E-state index contributed by atoms with van der Waals surface area (Å²) in [5.74, 6) is -2.26. The topological polar surface area (TPSA) is 147 Å². The zero-order valence-electron chi connectivity index (χ0n) is 14.6. The molecule has 2 aliphatic rings. The van der Waals surface area contributed by atoms with Crippen molar-refractivity contribution in [3.05, 3.63) is 47.5 Å². The molecule has 0 amide bonds. The summed E-state index contributed by atoms with van der Waals surface area (Å²) < 4.78 is 8.33. The summed E-state index contributed by atoms with van der Waals surface area (Å²) in [5, 5.41) is 26.0. The Balaban J connectivity index is 0.000000208. The number of rotatable bonds is 4. The van der Waals surface area contributed by atoms with E-state index in [0.29, 0.717) is 17.5 Å². The van der Waals surface area contributed by atoms with Crippen molar-refractivity contribution >= 4 is 23.9 Å². The van der Waals surface area contributed by atoms with Crippen molar-refractivity contribution < 1.29 is 44.0 Å². The van der Waals surface area contributed by atoms with Crippen LogP contribution in [0.1, 0.15) is 34.1 Å². The molecule has 0 saturated carbocycles. The lowest BCUT2D eigenvalue weighted by Crippen LogP contribution is -2.32. The van der Waals surface area contributed by atoms with E-state index in [-0.39, 0.29) is 19.8 Å². The van der Waals surface area contributed by atoms with Crippen LogP contribution in [0.15, 0.2) is 36.4 Å². The molecule has 3 rings (SSSR count). The number of benzene rings is 1. The summed E-state index contributed by atoms with van der Waals surface area (Å²) in [6.07, 6.45) is 2.77. The van der Waals surface area contributed by atoms with Crippen LogP contribution < -0.4 is 0 Å². The molecule has 0 saturated heterocycles. The number of hydrogen-bond acceptors (Lipinski definition) is 9. The van der Waals surface area contributed by atoms with E-state index < -0.39 is 29.3 Å². The largest absolute Gasteiger partial charge is 0.396 e. The van der Waals surface area contributed by atoms with E-state index in [1.807, 2.05) is 6.92 Å². The lowest BCUT2D eigenvalue weighted by molar-refractivity contribution is -0.150. The van der Waals surface area contributed by atoms with Gasteiger partial charge in [-0.15, -0.1) is 0 Å². The van der Waals surface area contributed by atoms with Gasteiger partial charge in [-0.05, 0) is 18.6 Å². The van der Waals surface area contributed by atoms with E-state index in [1.54, 1.807) is 24.3 Å². The number of hydrogen-bond donors (Lipinski definition) is 3. The first-order chi connectivity index (χ1) is 12.8. The predicted molar refractivity (Wildman–Crippen MR) is 90.4 cm³/mol. The Bertz CT molecular complexity index is 666. The van der Waals surface area contributed by atoms with E-state index in [0.717, 1.165) is 12.2 Å². The van der Waals surface area contributed by atoms with E-state index in [1.165, 1.54) is 0 Å². The minimum atomic E-state index is -0.667. The van der Waals surface area contributed by atoms with Crippen LogP contribution in [0.25, 0.3) is 0 Å². The fourth-order valence-corrected chi connectivity index (χ4v) is 1.82. The fourth-order valence-electron chi connectivity index (χ4n) is 1.82. The van der Waals surface area contributed by atoms with E-state index in [9.17, 15) is 19.2 Å². The molecule has 9 nitrogen and oxygen atoms in total. The number of carbonyl (C=O) groups is 4. The van der Waals surface area contributed by atoms with Crippen LogP contribution in [0.2, 0.25) is 0 Å². The molecule has 2 heterocycles. The second-order valence-corrected chi connectivity index (χ2v) is 5.62. The van der Waals surface area contributed by atoms with E-state index >= 15 is 0 Å². The van der Waals surface area contributed by atoms with Crippen LogP contribution in [-0.2, 0) is 19.1 Å². The standard InChI is InChI=1S/C8H4O3.C6H14O3.C4H2O3/c9-7-5-3-1-2-4-6(5)8(10)11-7;1-2-6(3-7,4-8)5-9;5-3-1-2-4(6)7-3/h1-4H;7-9H,2-5H2,1H3;1-2H. The van der Waals surface area contributed by atoms with Gasteiger partial charge in [0.15, 0.2) is 0 Å². The predicted octanol–water partition coefficient (Wildman–Crippen LogP) is -0.0171. The molecule has 0 bridgehead atoms. The van der Waals surface area contributed by atoms with Crippen LogP contribution >= 0.6 is 0 Å². The third-order valence-electron chi connectivity index (χ3n) is 3.87. The van der Waals surface area contributed by atoms with Gasteiger partial charge in [0.2, 0.25) is 0 Å². The number of fused-ring (bicyclic) bond motifs is 1. The van der Waals surface area contributed by atoms with Gasteiger partial charge < -0.3 is 24.8 Å². The van der Waals surface area contributed by atoms with Crippen molar-refractivity contribution in [1.82, 2.24) is 0 Å². The zero-order valence-corrected chi connectivity index (χ0v) is 14.6. The highest BCUT2D eigenvalue weighted by atomic mass is 16.6. The maximum absolute atomic E-state index is 10.8. The van der Waals surface area contributed by atoms with Gasteiger partial charge in [-0.25, -0.2) is 19.2 Å². The molecule has 0 aliphatic carbocycles. The molecule has 0 fully saturated rings. The number of ether oxygens (including phenoxy) is 2. The molecule has 0 aromatic heterocycles. The Hall–Kier alpha value is -2.88. The first kappa shape index (κ1) is 22.2. The van der Waals surface area contributed by atoms with Crippen molar-refractivity contribution in [2.45, 2.75) is 13.3 Å². The third kappa shape index (κ3) is 6.10. The lowest BCUT2D eigenvalue weighted by atomic mass is 9.88. The molecule has 0 spiro atoms. The molecule has 1 aromatic carbocycles. The number of esters is 4. The molecule has 0 atom stereocenters.